The summed E-state index contributed by atoms with van der Waals surface area (Å²) in [6.07, 6.45) is 0. The van der Waals surface area contributed by atoms with Crippen LogP contribution in [0.5, 0.6) is 11.5 Å². The van der Waals surface area contributed by atoms with Crippen molar-refractivity contribution in [3.8, 4) is 11.5 Å². The highest BCUT2D eigenvalue weighted by molar-refractivity contribution is 8.00. The average molecular weight is 600 g/mol. The van der Waals surface area contributed by atoms with Gasteiger partial charge in [0.25, 0.3) is 29.5 Å². The molecule has 4 heterocycles. The molecule has 5 amide bonds. The molecule has 6 rings (SSSR count). The molecule has 4 aliphatic heterocycles. The number of ether oxygens (including phenoxy) is 3. The van der Waals surface area contributed by atoms with Gasteiger partial charge in [-0.25, -0.2) is 9.69 Å². The first-order valence-corrected chi connectivity index (χ1v) is 13.8. The van der Waals surface area contributed by atoms with E-state index >= 15 is 0 Å². The number of nitrogens with zero attached hydrogens (tertiary/aromatic N) is 3. The van der Waals surface area contributed by atoms with E-state index in [1.807, 2.05) is 0 Å². The molecule has 0 radical (unpaired) electrons. The quantitative estimate of drug-likeness (QED) is 0.209. The lowest BCUT2D eigenvalue weighted by molar-refractivity contribution is -0.170. The second kappa shape index (κ2) is 9.48. The van der Waals surface area contributed by atoms with Gasteiger partial charge in [0, 0.05) is 5.75 Å². The van der Waals surface area contributed by atoms with Gasteiger partial charge in [-0.1, -0.05) is 12.1 Å². The second-order valence-electron chi connectivity index (χ2n) is 9.98. The van der Waals surface area contributed by atoms with Gasteiger partial charge in [-0.3, -0.25) is 28.9 Å². The zero-order valence-corrected chi connectivity index (χ0v) is 23.5. The summed E-state index contributed by atoms with van der Waals surface area (Å²) < 4.78 is 15.9. The molecule has 2 aromatic rings. The Morgan fingerprint density at radius 1 is 0.927 bits per heavy atom. The lowest BCUT2D eigenvalue weighted by Gasteiger charge is -2.57. The van der Waals surface area contributed by atoms with Crippen molar-refractivity contribution in [2.45, 2.75) is 29.3 Å². The van der Waals surface area contributed by atoms with Gasteiger partial charge in [0.2, 0.25) is 0 Å². The van der Waals surface area contributed by atoms with Crippen LogP contribution < -0.4 is 9.47 Å². The van der Waals surface area contributed by atoms with Crippen LogP contribution in [0, 0.1) is 0 Å². The number of halogens is 1. The number of hydrogen-bond donors (Lipinski definition) is 0. The van der Waals surface area contributed by atoms with E-state index in [1.54, 1.807) is 19.1 Å². The molecule has 0 spiro atoms. The number of benzene rings is 2. The number of β-lactam (4-membered cyclic amide) rings is 1. The molecule has 2 fully saturated rings. The second-order valence-corrected chi connectivity index (χ2v) is 12.0. The van der Waals surface area contributed by atoms with Gasteiger partial charge < -0.3 is 19.1 Å². The van der Waals surface area contributed by atoms with Crippen LogP contribution in [0.4, 0.5) is 0 Å². The van der Waals surface area contributed by atoms with E-state index < -0.39 is 64.6 Å². The van der Waals surface area contributed by atoms with E-state index in [0.29, 0.717) is 0 Å². The van der Waals surface area contributed by atoms with Crippen molar-refractivity contribution in [2.24, 2.45) is 0 Å². The van der Waals surface area contributed by atoms with Gasteiger partial charge in [-0.15, -0.1) is 23.4 Å². The molecule has 212 valence electrons. The number of fused-ring (bicyclic) bond motifs is 3. The maximum Gasteiger partial charge on any atom is 0.332 e. The monoisotopic (exact) mass is 599 g/mol. The van der Waals surface area contributed by atoms with Crippen molar-refractivity contribution in [3.05, 3.63) is 58.7 Å². The Hall–Kier alpha value is -4.10. The third kappa shape index (κ3) is 3.82. The van der Waals surface area contributed by atoms with Crippen LogP contribution in [-0.2, 0) is 14.3 Å². The smallest absolute Gasteiger partial charge is 0.332 e. The Labute approximate surface area is 242 Å². The summed E-state index contributed by atoms with van der Waals surface area (Å²) in [6, 6.07) is 6.53. The minimum Gasteiger partial charge on any atom is -0.493 e. The molecular formula is C27H22ClN3O9S. The Balaban J connectivity index is 1.21. The van der Waals surface area contributed by atoms with E-state index in [4.69, 9.17) is 25.8 Å². The molecule has 2 unspecified atom stereocenters. The summed E-state index contributed by atoms with van der Waals surface area (Å²) >= 11 is 7.91. The van der Waals surface area contributed by atoms with Crippen molar-refractivity contribution in [1.29, 1.82) is 0 Å². The average Bonchev–Trinajstić information content (AvgIpc) is 3.34. The van der Waals surface area contributed by atoms with E-state index in [0.717, 1.165) is 9.80 Å². The highest BCUT2D eigenvalue weighted by Crippen LogP contribution is 2.48. The number of rotatable bonds is 6. The predicted molar refractivity (Wildman–Crippen MR) is 143 cm³/mol. The van der Waals surface area contributed by atoms with E-state index in [2.05, 4.69) is 0 Å². The van der Waals surface area contributed by atoms with Crippen LogP contribution in [0.15, 0.2) is 36.4 Å². The highest BCUT2D eigenvalue weighted by Gasteiger charge is 2.65. The van der Waals surface area contributed by atoms with Crippen LogP contribution in [-0.4, -0.2) is 99.2 Å². The Morgan fingerprint density at radius 3 is 1.98 bits per heavy atom. The Bertz CT molecular complexity index is 1500. The maximum absolute atomic E-state index is 13.5. The standard InChI is InChI=1S/C27H22ClN3O9S/c1-27(28)10-41-25-18(30-22(34)14-8-16(38-2)17(39-3)9-15(14)23(30)35)24(36)31(25)19(27)26(37)40-11-29-20(32)12-6-4-5-7-13(12)21(29)33/h4-9,18-19,25H,10-11H2,1-3H3/t18?,19?,25-,27+/m0/s1. The van der Waals surface area contributed by atoms with Crippen molar-refractivity contribution >= 4 is 58.9 Å². The Kier molecular flexibility index (Phi) is 6.27. The lowest BCUT2D eigenvalue weighted by Crippen LogP contribution is -2.78. The fraction of sp³-hybridized carbons (Fsp3) is 0.333. The van der Waals surface area contributed by atoms with Gasteiger partial charge in [0.1, 0.15) is 11.4 Å². The molecule has 2 aromatic carbocycles. The zero-order chi connectivity index (χ0) is 29.4. The summed E-state index contributed by atoms with van der Waals surface area (Å²) in [7, 11) is 2.79. The molecule has 4 aliphatic rings. The van der Waals surface area contributed by atoms with Crippen LogP contribution in [0.1, 0.15) is 48.4 Å². The van der Waals surface area contributed by atoms with Crippen molar-refractivity contribution < 1.29 is 43.0 Å². The van der Waals surface area contributed by atoms with Crippen molar-refractivity contribution in [3.63, 3.8) is 0 Å². The number of esters is 1. The number of amides is 5. The maximum atomic E-state index is 13.5. The Morgan fingerprint density at radius 2 is 1.46 bits per heavy atom. The van der Waals surface area contributed by atoms with E-state index in [1.165, 1.54) is 55.1 Å². The van der Waals surface area contributed by atoms with E-state index in [-0.39, 0.29) is 39.5 Å². The molecule has 0 saturated carbocycles. The highest BCUT2D eigenvalue weighted by atomic mass is 35.5. The molecule has 0 aromatic heterocycles. The molecule has 4 atom stereocenters. The minimum atomic E-state index is -1.30. The summed E-state index contributed by atoms with van der Waals surface area (Å²) in [6.45, 7) is 0.896. The van der Waals surface area contributed by atoms with Gasteiger partial charge in [-0.05, 0) is 31.2 Å². The van der Waals surface area contributed by atoms with Crippen molar-refractivity contribution in [2.75, 3.05) is 26.7 Å². The SMILES string of the molecule is COc1cc2c(cc1OC)C(=O)N(C1C(=O)N3C(C(=O)OCN4C(=O)c5ccccc5C4=O)[C@](C)(Cl)CS[C@@H]13)C2=O. The number of alkyl halides is 1. The first-order valence-electron chi connectivity index (χ1n) is 12.4. The van der Waals surface area contributed by atoms with Crippen LogP contribution in [0.2, 0.25) is 0 Å². The summed E-state index contributed by atoms with van der Waals surface area (Å²) in [4.78, 5) is 80.4. The molecule has 14 heteroatoms. The molecule has 0 bridgehead atoms. The molecule has 0 N–H and O–H groups in total. The van der Waals surface area contributed by atoms with Crippen LogP contribution >= 0.6 is 23.4 Å². The van der Waals surface area contributed by atoms with Gasteiger partial charge in [0.15, 0.2) is 24.3 Å². The normalized spacial score (nSPS) is 26.5. The number of carbonyl (C=O) groups excluding carboxylic acids is 6. The fourth-order valence-corrected chi connectivity index (χ4v) is 7.38. The fourth-order valence-electron chi connectivity index (χ4n) is 5.53. The van der Waals surface area contributed by atoms with Crippen LogP contribution in [0.25, 0.3) is 0 Å². The number of methoxy groups -OCH3 is 2. The molecular weight excluding hydrogens is 578 g/mol. The van der Waals surface area contributed by atoms with Gasteiger partial charge in [0.05, 0.1) is 41.3 Å². The number of imide groups is 2. The zero-order valence-electron chi connectivity index (χ0n) is 21.9. The number of hydrogen-bond acceptors (Lipinski definition) is 10. The molecule has 12 nitrogen and oxygen atoms in total. The largest absolute Gasteiger partial charge is 0.493 e. The van der Waals surface area contributed by atoms with Crippen molar-refractivity contribution in [1.82, 2.24) is 14.7 Å². The minimum absolute atomic E-state index is 0.0683. The van der Waals surface area contributed by atoms with Gasteiger partial charge >= 0.3 is 5.97 Å². The van der Waals surface area contributed by atoms with E-state index in [9.17, 15) is 28.8 Å². The summed E-state index contributed by atoms with van der Waals surface area (Å²) in [5.74, 6) is -3.47. The number of thioether (sulfide) groups is 1. The van der Waals surface area contributed by atoms with Gasteiger partial charge in [-0.2, -0.15) is 0 Å². The topological polar surface area (TPSA) is 140 Å². The molecule has 0 aliphatic carbocycles. The molecule has 2 saturated heterocycles. The lowest BCUT2D eigenvalue weighted by atomic mass is 9.93. The third-order valence-electron chi connectivity index (χ3n) is 7.57. The first kappa shape index (κ1) is 27.1. The third-order valence-corrected chi connectivity index (χ3v) is 9.67. The van der Waals surface area contributed by atoms with Crippen LogP contribution in [0.3, 0.4) is 0 Å². The molecule has 41 heavy (non-hydrogen) atoms. The number of carbonyl (C=O) groups is 6. The summed E-state index contributed by atoms with van der Waals surface area (Å²) in [5.41, 5.74) is 0.529. The first-order chi connectivity index (χ1) is 19.5. The predicted octanol–water partition coefficient (Wildman–Crippen LogP) is 1.75. The summed E-state index contributed by atoms with van der Waals surface area (Å²) in [5, 5.41) is -0.766.